The van der Waals surface area contributed by atoms with Crippen molar-refractivity contribution >= 4 is 17.6 Å². The van der Waals surface area contributed by atoms with Gasteiger partial charge in [0.2, 0.25) is 5.91 Å². The molecular weight excluding hydrogens is 340 g/mol. The number of para-hydroxylation sites is 1. The molecule has 0 bridgehead atoms. The minimum atomic E-state index is -0.0907. The van der Waals surface area contributed by atoms with Gasteiger partial charge in [0.1, 0.15) is 0 Å². The number of fused-ring (bicyclic) bond motifs is 1. The lowest BCUT2D eigenvalue weighted by Gasteiger charge is -2.58. The lowest BCUT2D eigenvalue weighted by atomic mass is 9.52. The molecule has 0 unspecified atom stereocenters. The minimum absolute atomic E-state index is 0.0295. The third kappa shape index (κ3) is 2.09. The predicted octanol–water partition coefficient (Wildman–Crippen LogP) is 2.87. The zero-order valence-electron chi connectivity index (χ0n) is 16.2. The van der Waals surface area contributed by atoms with E-state index in [0.717, 1.165) is 50.9 Å². The fourth-order valence-electron chi connectivity index (χ4n) is 7.25. The normalized spacial score (nSPS) is 36.7. The molecule has 4 atom stereocenters. The molecule has 1 spiro atoms. The van der Waals surface area contributed by atoms with E-state index >= 15 is 0 Å². The molecule has 3 fully saturated rings. The molecule has 1 aromatic rings. The summed E-state index contributed by atoms with van der Waals surface area (Å²) >= 11 is 0. The first-order chi connectivity index (χ1) is 13.0. The topological polar surface area (TPSA) is 49.9 Å². The Labute approximate surface area is 160 Å². The molecule has 0 radical (unpaired) electrons. The van der Waals surface area contributed by atoms with Gasteiger partial charge in [0.15, 0.2) is 0 Å². The van der Waals surface area contributed by atoms with Crippen LogP contribution in [0.5, 0.6) is 0 Å². The highest BCUT2D eigenvalue weighted by molar-refractivity contribution is 5.96. The van der Waals surface area contributed by atoms with Crippen molar-refractivity contribution in [3.8, 4) is 0 Å². The number of nitrogens with zero attached hydrogens (tertiary/aromatic N) is 2. The summed E-state index contributed by atoms with van der Waals surface area (Å²) in [4.78, 5) is 29.7. The Kier molecular flexibility index (Phi) is 3.71. The number of hydrogen-bond donors (Lipinski definition) is 0. The van der Waals surface area contributed by atoms with Gasteiger partial charge in [-0.2, -0.15) is 0 Å². The van der Waals surface area contributed by atoms with Crippen molar-refractivity contribution < 1.29 is 14.3 Å². The molecule has 0 N–H and O–H groups in total. The number of methoxy groups -OCH3 is 1. The zero-order chi connectivity index (χ0) is 18.8. The Hall–Kier alpha value is -1.88. The summed E-state index contributed by atoms with van der Waals surface area (Å²) in [7, 11) is 1.50. The van der Waals surface area contributed by atoms with Crippen LogP contribution in [0, 0.1) is 5.41 Å². The lowest BCUT2D eigenvalue weighted by Crippen LogP contribution is -2.65. The maximum atomic E-state index is 12.6. The first kappa shape index (κ1) is 17.2. The summed E-state index contributed by atoms with van der Waals surface area (Å²) < 4.78 is 5.10. The van der Waals surface area contributed by atoms with Crippen LogP contribution in [0.4, 0.5) is 5.69 Å². The number of carbonyl (C=O) groups is 2. The highest BCUT2D eigenvalue weighted by atomic mass is 16.5. The van der Waals surface area contributed by atoms with Crippen LogP contribution in [0.2, 0.25) is 0 Å². The van der Waals surface area contributed by atoms with Crippen LogP contribution in [0.15, 0.2) is 24.3 Å². The van der Waals surface area contributed by atoms with Gasteiger partial charge in [-0.25, -0.2) is 0 Å². The van der Waals surface area contributed by atoms with Crippen LogP contribution in [0.1, 0.15) is 51.0 Å². The van der Waals surface area contributed by atoms with Gasteiger partial charge in [0.05, 0.1) is 13.5 Å². The fourth-order valence-corrected chi connectivity index (χ4v) is 7.25. The minimum Gasteiger partial charge on any atom is -0.469 e. The molecule has 27 heavy (non-hydrogen) atoms. The molecule has 5 heteroatoms. The highest BCUT2D eigenvalue weighted by Crippen LogP contribution is 2.65. The van der Waals surface area contributed by atoms with Gasteiger partial charge in [-0.05, 0) is 62.2 Å². The average Bonchev–Trinajstić information content (AvgIpc) is 3.20. The molecule has 1 aromatic carbocycles. The number of amides is 1. The number of carbonyl (C=O) groups excluding carboxylic acids is 2. The summed E-state index contributed by atoms with van der Waals surface area (Å²) in [5, 5.41) is 0. The molecule has 1 amide bonds. The fraction of sp³-hybridized carbons (Fsp3) is 0.636. The second-order valence-electron chi connectivity index (χ2n) is 8.91. The Balaban J connectivity index is 1.69. The maximum Gasteiger partial charge on any atom is 0.306 e. The standard InChI is InChI=1S/C22H28N2O3/c1-15(25)24-17-7-4-3-6-16(17)22-11-13-23-12-5-9-21(20(22)23,10-8-18(22)24)14-19(26)27-2/h3-4,6-7,18,20H,5,8-14H2,1-2H3/t18-,20+,21+,22-/m0/s1. The lowest BCUT2D eigenvalue weighted by molar-refractivity contribution is -0.148. The van der Waals surface area contributed by atoms with Gasteiger partial charge >= 0.3 is 5.97 Å². The Morgan fingerprint density at radius 2 is 2.00 bits per heavy atom. The predicted molar refractivity (Wildman–Crippen MR) is 103 cm³/mol. The van der Waals surface area contributed by atoms with Gasteiger partial charge in [-0.15, -0.1) is 0 Å². The van der Waals surface area contributed by atoms with Crippen LogP contribution in [0.3, 0.4) is 0 Å². The van der Waals surface area contributed by atoms with Crippen molar-refractivity contribution in [2.75, 3.05) is 25.1 Å². The second kappa shape index (κ2) is 5.81. The van der Waals surface area contributed by atoms with Gasteiger partial charge in [-0.3, -0.25) is 14.5 Å². The molecule has 1 saturated carbocycles. The van der Waals surface area contributed by atoms with Crippen LogP contribution < -0.4 is 4.90 Å². The number of benzene rings is 1. The molecule has 3 heterocycles. The van der Waals surface area contributed by atoms with Crippen molar-refractivity contribution in [1.29, 1.82) is 0 Å². The van der Waals surface area contributed by atoms with Crippen molar-refractivity contribution in [3.05, 3.63) is 29.8 Å². The summed E-state index contributed by atoms with van der Waals surface area (Å²) in [6, 6.07) is 9.02. The van der Waals surface area contributed by atoms with E-state index in [1.165, 1.54) is 12.7 Å². The van der Waals surface area contributed by atoms with Gasteiger partial charge < -0.3 is 9.64 Å². The van der Waals surface area contributed by atoms with Crippen LogP contribution in [0.25, 0.3) is 0 Å². The largest absolute Gasteiger partial charge is 0.469 e. The van der Waals surface area contributed by atoms with Crippen LogP contribution in [-0.2, 0) is 19.7 Å². The monoisotopic (exact) mass is 368 g/mol. The number of anilines is 1. The quantitative estimate of drug-likeness (QED) is 0.753. The summed E-state index contributed by atoms with van der Waals surface area (Å²) in [5.41, 5.74) is 2.34. The van der Waals surface area contributed by atoms with E-state index in [9.17, 15) is 9.59 Å². The van der Waals surface area contributed by atoms with Crippen LogP contribution in [-0.4, -0.2) is 49.1 Å². The molecule has 4 aliphatic rings. The smallest absolute Gasteiger partial charge is 0.306 e. The first-order valence-corrected chi connectivity index (χ1v) is 10.2. The Morgan fingerprint density at radius 3 is 2.78 bits per heavy atom. The van der Waals surface area contributed by atoms with E-state index in [2.05, 4.69) is 28.0 Å². The van der Waals surface area contributed by atoms with E-state index in [1.54, 1.807) is 6.92 Å². The molecule has 3 aliphatic heterocycles. The van der Waals surface area contributed by atoms with Crippen molar-refractivity contribution in [2.45, 2.75) is 62.9 Å². The molecule has 0 aromatic heterocycles. The van der Waals surface area contributed by atoms with E-state index in [-0.39, 0.29) is 28.7 Å². The number of hydrogen-bond acceptors (Lipinski definition) is 4. The summed E-state index contributed by atoms with van der Waals surface area (Å²) in [6.07, 6.45) is 5.77. The van der Waals surface area contributed by atoms with Gasteiger partial charge in [0.25, 0.3) is 0 Å². The number of rotatable bonds is 2. The van der Waals surface area contributed by atoms with E-state index in [4.69, 9.17) is 4.74 Å². The first-order valence-electron chi connectivity index (χ1n) is 10.2. The molecule has 1 aliphatic carbocycles. The summed E-state index contributed by atoms with van der Waals surface area (Å²) in [6.45, 7) is 3.86. The van der Waals surface area contributed by atoms with Gasteiger partial charge in [0, 0.05) is 30.1 Å². The number of ether oxygens (including phenoxy) is 1. The van der Waals surface area contributed by atoms with Crippen molar-refractivity contribution in [1.82, 2.24) is 4.90 Å². The van der Waals surface area contributed by atoms with Crippen LogP contribution >= 0.6 is 0 Å². The molecular formula is C22H28N2O3. The molecule has 5 nitrogen and oxygen atoms in total. The molecule has 5 rings (SSSR count). The maximum absolute atomic E-state index is 12.6. The van der Waals surface area contributed by atoms with Crippen molar-refractivity contribution in [2.24, 2.45) is 5.41 Å². The highest BCUT2D eigenvalue weighted by Gasteiger charge is 2.68. The van der Waals surface area contributed by atoms with E-state index < -0.39 is 0 Å². The third-order valence-electron chi connectivity index (χ3n) is 7.92. The van der Waals surface area contributed by atoms with E-state index in [0.29, 0.717) is 12.5 Å². The molecule has 144 valence electrons. The SMILES string of the molecule is COC(=O)C[C@@]12CCCN3CC[C@@]4(c5ccccc5N(C(C)=O)[C@H]4CC1)[C@H]32. The van der Waals surface area contributed by atoms with Crippen molar-refractivity contribution in [3.63, 3.8) is 0 Å². The zero-order valence-corrected chi connectivity index (χ0v) is 16.2. The molecule has 2 saturated heterocycles. The third-order valence-corrected chi connectivity index (χ3v) is 7.92. The average molecular weight is 368 g/mol. The Morgan fingerprint density at radius 1 is 1.19 bits per heavy atom. The number of esters is 1. The second-order valence-corrected chi connectivity index (χ2v) is 8.91. The number of piperidine rings is 1. The summed E-state index contributed by atoms with van der Waals surface area (Å²) in [5.74, 6) is 0.0473. The van der Waals surface area contributed by atoms with Gasteiger partial charge in [-0.1, -0.05) is 18.2 Å². The Bertz CT molecular complexity index is 809. The van der Waals surface area contributed by atoms with E-state index in [1.807, 2.05) is 6.07 Å².